The molecule has 40 heavy (non-hydrogen) atoms. The summed E-state index contributed by atoms with van der Waals surface area (Å²) in [5.41, 5.74) is 4.71. The van der Waals surface area contributed by atoms with Crippen molar-refractivity contribution in [3.8, 4) is 17.0 Å². The monoisotopic (exact) mass is 542 g/mol. The highest BCUT2D eigenvalue weighted by atomic mass is 16.6. The van der Waals surface area contributed by atoms with Crippen molar-refractivity contribution in [2.45, 2.75) is 58.7 Å². The lowest BCUT2D eigenvalue weighted by Gasteiger charge is -2.33. The van der Waals surface area contributed by atoms with Crippen LogP contribution in [-0.2, 0) is 17.8 Å². The molecule has 1 aliphatic carbocycles. The fraction of sp³-hybridized carbons (Fsp3) is 0.414. The SMILES string of the molecule is COc1cc(-c2cn(Cc3cn4cc(CN(CC5CCC5)C(=O)OC(C)(C)C)ccc4n3)nn2)c2cncn2c1. The van der Waals surface area contributed by atoms with E-state index >= 15 is 0 Å². The van der Waals surface area contributed by atoms with Crippen LogP contribution in [-0.4, -0.2) is 64.0 Å². The molecule has 1 amide bonds. The summed E-state index contributed by atoms with van der Waals surface area (Å²) < 4.78 is 16.8. The normalized spacial score (nSPS) is 14.0. The number of hydrogen-bond acceptors (Lipinski definition) is 7. The second-order valence-electron chi connectivity index (χ2n) is 11.5. The van der Waals surface area contributed by atoms with Crippen LogP contribution in [0, 0.1) is 5.92 Å². The highest BCUT2D eigenvalue weighted by molar-refractivity contribution is 5.78. The van der Waals surface area contributed by atoms with Gasteiger partial charge in [-0.15, -0.1) is 5.10 Å². The average molecular weight is 543 g/mol. The van der Waals surface area contributed by atoms with Crippen molar-refractivity contribution >= 4 is 17.3 Å². The Morgan fingerprint density at radius 2 is 1.98 bits per heavy atom. The smallest absolute Gasteiger partial charge is 0.410 e. The van der Waals surface area contributed by atoms with Crippen LogP contribution in [0.1, 0.15) is 51.3 Å². The van der Waals surface area contributed by atoms with Gasteiger partial charge in [-0.25, -0.2) is 19.4 Å². The summed E-state index contributed by atoms with van der Waals surface area (Å²) in [7, 11) is 1.64. The molecule has 11 nitrogen and oxygen atoms in total. The first kappa shape index (κ1) is 25.8. The zero-order valence-corrected chi connectivity index (χ0v) is 23.3. The van der Waals surface area contributed by atoms with Crippen LogP contribution in [0.3, 0.4) is 0 Å². The molecule has 0 spiro atoms. The van der Waals surface area contributed by atoms with Gasteiger partial charge in [0.15, 0.2) is 0 Å². The van der Waals surface area contributed by atoms with Crippen molar-refractivity contribution in [3.05, 3.63) is 66.8 Å². The third kappa shape index (κ3) is 5.49. The maximum absolute atomic E-state index is 13.0. The molecule has 0 atom stereocenters. The van der Waals surface area contributed by atoms with Crippen molar-refractivity contribution in [3.63, 3.8) is 0 Å². The summed E-state index contributed by atoms with van der Waals surface area (Å²) in [6.45, 7) is 7.38. The van der Waals surface area contributed by atoms with Crippen LogP contribution in [0.2, 0.25) is 0 Å². The van der Waals surface area contributed by atoms with Crippen LogP contribution >= 0.6 is 0 Å². The van der Waals surface area contributed by atoms with Crippen LogP contribution in [0.5, 0.6) is 5.75 Å². The lowest BCUT2D eigenvalue weighted by molar-refractivity contribution is 0.0173. The van der Waals surface area contributed by atoms with E-state index in [1.54, 1.807) is 24.3 Å². The molecule has 0 bridgehead atoms. The van der Waals surface area contributed by atoms with Crippen LogP contribution < -0.4 is 4.74 Å². The maximum Gasteiger partial charge on any atom is 0.410 e. The largest absolute Gasteiger partial charge is 0.495 e. The Morgan fingerprint density at radius 3 is 2.73 bits per heavy atom. The van der Waals surface area contributed by atoms with E-state index in [0.717, 1.165) is 40.2 Å². The standard InChI is InChI=1S/C29H34N8O3/c1-29(2,3)40-28(38)35(12-20-6-5-7-20)14-21-8-9-27-31-22(15-34(27)13-21)16-37-18-25(32-33-37)24-10-23(39-4)17-36-19-30-11-26(24)36/h8-11,13,15,17-20H,5-7,12,14,16H2,1-4H3. The van der Waals surface area contributed by atoms with Gasteiger partial charge in [0.1, 0.15) is 22.7 Å². The van der Waals surface area contributed by atoms with E-state index in [9.17, 15) is 4.79 Å². The molecule has 0 aromatic carbocycles. The Kier molecular flexibility index (Phi) is 6.65. The number of pyridine rings is 2. The Morgan fingerprint density at radius 1 is 1.12 bits per heavy atom. The van der Waals surface area contributed by atoms with Crippen LogP contribution in [0.25, 0.3) is 22.4 Å². The highest BCUT2D eigenvalue weighted by Gasteiger charge is 2.27. The molecule has 0 unspecified atom stereocenters. The number of rotatable bonds is 8. The Bertz CT molecular complexity index is 1660. The van der Waals surface area contributed by atoms with Crippen molar-refractivity contribution in [2.24, 2.45) is 5.92 Å². The number of hydrogen-bond donors (Lipinski definition) is 0. The van der Waals surface area contributed by atoms with Gasteiger partial charge in [0.25, 0.3) is 0 Å². The zero-order chi connectivity index (χ0) is 27.9. The van der Waals surface area contributed by atoms with Crippen LogP contribution in [0.4, 0.5) is 4.79 Å². The molecule has 0 saturated heterocycles. The van der Waals surface area contributed by atoms with Gasteiger partial charge in [0.05, 0.1) is 56.3 Å². The van der Waals surface area contributed by atoms with Gasteiger partial charge in [-0.1, -0.05) is 17.7 Å². The summed E-state index contributed by atoms with van der Waals surface area (Å²) in [6, 6.07) is 5.94. The van der Waals surface area contributed by atoms with E-state index < -0.39 is 5.60 Å². The number of methoxy groups -OCH3 is 1. The minimum absolute atomic E-state index is 0.267. The topological polar surface area (TPSA) is 104 Å². The van der Waals surface area contributed by atoms with Gasteiger partial charge in [0.2, 0.25) is 0 Å². The number of aromatic nitrogens is 7. The van der Waals surface area contributed by atoms with Gasteiger partial charge in [-0.05, 0) is 57.2 Å². The quantitative estimate of drug-likeness (QED) is 0.276. The molecule has 5 heterocycles. The molecule has 1 fully saturated rings. The number of carbonyl (C=O) groups is 1. The number of imidazole rings is 2. The summed E-state index contributed by atoms with van der Waals surface area (Å²) in [5.74, 6) is 1.26. The molecule has 11 heteroatoms. The van der Waals surface area contributed by atoms with Gasteiger partial charge in [-0.3, -0.25) is 0 Å². The number of amides is 1. The molecule has 0 radical (unpaired) electrons. The van der Waals surface area contributed by atoms with E-state index in [1.165, 1.54) is 19.3 Å². The van der Waals surface area contributed by atoms with Gasteiger partial charge < -0.3 is 23.2 Å². The van der Waals surface area contributed by atoms with E-state index in [4.69, 9.17) is 14.5 Å². The lowest BCUT2D eigenvalue weighted by atomic mass is 9.85. The number of fused-ring (bicyclic) bond motifs is 2. The molecule has 5 aromatic heterocycles. The van der Waals surface area contributed by atoms with Gasteiger partial charge >= 0.3 is 6.09 Å². The molecule has 0 N–H and O–H groups in total. The first-order valence-corrected chi connectivity index (χ1v) is 13.6. The Hall–Kier alpha value is -4.41. The molecule has 1 saturated carbocycles. The summed E-state index contributed by atoms with van der Waals surface area (Å²) in [5, 5.41) is 8.74. The first-order chi connectivity index (χ1) is 19.2. The van der Waals surface area contributed by atoms with E-state index in [2.05, 4.69) is 15.3 Å². The fourth-order valence-corrected chi connectivity index (χ4v) is 4.99. The Labute approximate surface area is 232 Å². The minimum Gasteiger partial charge on any atom is -0.495 e. The van der Waals surface area contributed by atoms with E-state index in [-0.39, 0.29) is 6.09 Å². The molecular weight excluding hydrogens is 508 g/mol. The molecule has 0 aliphatic heterocycles. The van der Waals surface area contributed by atoms with Gasteiger partial charge in [0, 0.05) is 24.5 Å². The highest BCUT2D eigenvalue weighted by Crippen LogP contribution is 2.29. The second-order valence-corrected chi connectivity index (χ2v) is 11.5. The molecule has 6 rings (SSSR count). The summed E-state index contributed by atoms with van der Waals surface area (Å²) in [4.78, 5) is 23.8. The van der Waals surface area contributed by atoms with Crippen molar-refractivity contribution in [1.29, 1.82) is 0 Å². The molecular formula is C29H34N8O3. The third-order valence-electron chi connectivity index (χ3n) is 7.16. The molecule has 1 aliphatic rings. The maximum atomic E-state index is 13.0. The number of ether oxygens (including phenoxy) is 2. The summed E-state index contributed by atoms with van der Waals surface area (Å²) in [6.07, 6.45) is 14.6. The van der Waals surface area contributed by atoms with E-state index in [1.807, 2.05) is 77.5 Å². The summed E-state index contributed by atoms with van der Waals surface area (Å²) >= 11 is 0. The van der Waals surface area contributed by atoms with Gasteiger partial charge in [-0.2, -0.15) is 0 Å². The molecule has 5 aromatic rings. The van der Waals surface area contributed by atoms with Crippen molar-refractivity contribution in [2.75, 3.05) is 13.7 Å². The average Bonchev–Trinajstić information content (AvgIpc) is 3.63. The molecule has 208 valence electrons. The predicted octanol–water partition coefficient (Wildman–Crippen LogP) is 4.83. The van der Waals surface area contributed by atoms with Crippen molar-refractivity contribution < 1.29 is 14.3 Å². The predicted molar refractivity (Wildman–Crippen MR) is 149 cm³/mol. The van der Waals surface area contributed by atoms with E-state index in [0.29, 0.717) is 24.8 Å². The fourth-order valence-electron chi connectivity index (χ4n) is 4.99. The Balaban J connectivity index is 1.19. The number of carbonyl (C=O) groups excluding carboxylic acids is 1. The van der Waals surface area contributed by atoms with Crippen LogP contribution in [0.15, 0.2) is 55.5 Å². The number of nitrogens with zero attached hydrogens (tertiary/aromatic N) is 8. The first-order valence-electron chi connectivity index (χ1n) is 13.6. The second kappa shape index (κ2) is 10.3. The zero-order valence-electron chi connectivity index (χ0n) is 23.3. The minimum atomic E-state index is -0.531. The van der Waals surface area contributed by atoms with Crippen molar-refractivity contribution in [1.82, 2.24) is 38.7 Å². The third-order valence-corrected chi connectivity index (χ3v) is 7.16. The lowest BCUT2D eigenvalue weighted by Crippen LogP contribution is -2.40.